The van der Waals surface area contributed by atoms with Crippen molar-refractivity contribution in [2.45, 2.75) is 24.4 Å². The van der Waals surface area contributed by atoms with Crippen molar-refractivity contribution in [3.8, 4) is 0 Å². The van der Waals surface area contributed by atoms with Crippen LogP contribution in [-0.4, -0.2) is 54.6 Å². The van der Waals surface area contributed by atoms with Crippen LogP contribution < -0.4 is 10.6 Å². The van der Waals surface area contributed by atoms with E-state index in [-0.39, 0.29) is 30.0 Å². The summed E-state index contributed by atoms with van der Waals surface area (Å²) in [4.78, 5) is 7.84. The minimum absolute atomic E-state index is 0. The first-order valence-corrected chi connectivity index (χ1v) is 9.90. The van der Waals surface area contributed by atoms with Crippen LogP contribution in [0.1, 0.15) is 22.7 Å². The van der Waals surface area contributed by atoms with Crippen LogP contribution in [0.5, 0.6) is 0 Å². The number of hydrogen-bond donors (Lipinski definition) is 2. The zero-order valence-electron chi connectivity index (χ0n) is 17.0. The van der Waals surface area contributed by atoms with Gasteiger partial charge in [-0.05, 0) is 44.5 Å². The van der Waals surface area contributed by atoms with Gasteiger partial charge < -0.3 is 15.5 Å². The highest BCUT2D eigenvalue weighted by Crippen LogP contribution is 2.21. The number of thioether (sulfide) groups is 1. The number of nitrogens with zero attached hydrogens (tertiary/aromatic N) is 4. The second-order valence-corrected chi connectivity index (χ2v) is 7.40. The van der Waals surface area contributed by atoms with Gasteiger partial charge in [0, 0.05) is 43.8 Å². The molecule has 2 aromatic rings. The quantitative estimate of drug-likeness (QED) is 0.264. The van der Waals surface area contributed by atoms with E-state index < -0.39 is 0 Å². The lowest BCUT2D eigenvalue weighted by Gasteiger charge is -2.24. The van der Waals surface area contributed by atoms with E-state index in [1.807, 2.05) is 17.9 Å². The number of aryl methyl sites for hydroxylation is 2. The summed E-state index contributed by atoms with van der Waals surface area (Å²) >= 11 is 1.77. The van der Waals surface area contributed by atoms with Crippen molar-refractivity contribution in [3.05, 3.63) is 47.3 Å². The Morgan fingerprint density at radius 2 is 2.07 bits per heavy atom. The van der Waals surface area contributed by atoms with Gasteiger partial charge in [0.05, 0.1) is 12.2 Å². The fourth-order valence-corrected chi connectivity index (χ4v) is 3.51. The highest BCUT2D eigenvalue weighted by molar-refractivity contribution is 14.0. The summed E-state index contributed by atoms with van der Waals surface area (Å²) in [5, 5.41) is 11.1. The maximum absolute atomic E-state index is 4.35. The first-order valence-electron chi connectivity index (χ1n) is 8.67. The fourth-order valence-electron chi connectivity index (χ4n) is 2.80. The number of likely N-dealkylation sites (N-methyl/N-ethyl adjacent to an activating group) is 1. The second kappa shape index (κ2) is 11.6. The molecule has 0 aliphatic carbocycles. The standard InChI is InChI=1S/C19H30N6S.HI/c1-14-7-8-15(18(9-14)26-6)10-21-19(20-2)22-12-17(24(3)4)16-11-23-25(5)13-16;/h7-9,11,13,17H,10,12H2,1-6H3,(H2,20,21,22);1H. The van der Waals surface area contributed by atoms with Gasteiger partial charge in [0.25, 0.3) is 0 Å². The number of rotatable bonds is 7. The summed E-state index contributed by atoms with van der Waals surface area (Å²) in [5.74, 6) is 0.799. The minimum Gasteiger partial charge on any atom is -0.354 e. The van der Waals surface area contributed by atoms with Crippen LogP contribution in [0, 0.1) is 6.92 Å². The molecule has 6 nitrogen and oxygen atoms in total. The first kappa shape index (κ1) is 23.8. The zero-order valence-corrected chi connectivity index (χ0v) is 20.1. The molecule has 0 radical (unpaired) electrons. The number of hydrogen-bond acceptors (Lipinski definition) is 4. The van der Waals surface area contributed by atoms with Crippen molar-refractivity contribution in [2.24, 2.45) is 12.0 Å². The maximum Gasteiger partial charge on any atom is 0.191 e. The molecule has 1 atom stereocenters. The molecule has 2 rings (SSSR count). The molecule has 0 saturated heterocycles. The summed E-state index contributed by atoms with van der Waals surface area (Å²) in [6, 6.07) is 6.78. The largest absolute Gasteiger partial charge is 0.354 e. The first-order chi connectivity index (χ1) is 12.4. The van der Waals surface area contributed by atoms with Crippen molar-refractivity contribution < 1.29 is 0 Å². The van der Waals surface area contributed by atoms with Crippen LogP contribution in [0.4, 0.5) is 0 Å². The molecule has 1 heterocycles. The Bertz CT molecular complexity index is 744. The smallest absolute Gasteiger partial charge is 0.191 e. The van der Waals surface area contributed by atoms with E-state index in [0.717, 1.165) is 19.0 Å². The Hall–Kier alpha value is -1.26. The number of aromatic nitrogens is 2. The monoisotopic (exact) mass is 502 g/mol. The summed E-state index contributed by atoms with van der Waals surface area (Å²) in [6.07, 6.45) is 6.08. The third-order valence-electron chi connectivity index (χ3n) is 4.31. The predicted molar refractivity (Wildman–Crippen MR) is 126 cm³/mol. The van der Waals surface area contributed by atoms with Gasteiger partial charge in [-0.25, -0.2) is 0 Å². The molecular weight excluding hydrogens is 471 g/mol. The van der Waals surface area contributed by atoms with Crippen molar-refractivity contribution >= 4 is 41.7 Å². The summed E-state index contributed by atoms with van der Waals surface area (Å²) in [5.41, 5.74) is 3.75. The van der Waals surface area contributed by atoms with E-state index in [2.05, 4.69) is 77.3 Å². The molecule has 0 aliphatic rings. The topological polar surface area (TPSA) is 57.5 Å². The van der Waals surface area contributed by atoms with E-state index in [0.29, 0.717) is 0 Å². The van der Waals surface area contributed by atoms with Crippen molar-refractivity contribution in [1.29, 1.82) is 0 Å². The molecule has 1 aromatic carbocycles. The molecule has 0 spiro atoms. The van der Waals surface area contributed by atoms with Gasteiger partial charge in [0.15, 0.2) is 5.96 Å². The molecule has 1 aromatic heterocycles. The Kier molecular flexibility index (Phi) is 10.2. The van der Waals surface area contributed by atoms with E-state index in [1.54, 1.807) is 18.8 Å². The van der Waals surface area contributed by atoms with Gasteiger partial charge in [-0.1, -0.05) is 12.1 Å². The average molecular weight is 502 g/mol. The predicted octanol–water partition coefficient (Wildman–Crippen LogP) is 3.04. The zero-order chi connectivity index (χ0) is 19.1. The molecule has 0 fully saturated rings. The molecule has 0 aliphatic heterocycles. The number of halogens is 1. The average Bonchev–Trinajstić information content (AvgIpc) is 3.04. The van der Waals surface area contributed by atoms with Crippen LogP contribution in [0.25, 0.3) is 0 Å². The minimum atomic E-state index is 0. The normalized spacial score (nSPS) is 12.6. The van der Waals surface area contributed by atoms with Crippen LogP contribution in [0.3, 0.4) is 0 Å². The number of benzene rings is 1. The Morgan fingerprint density at radius 1 is 1.33 bits per heavy atom. The third kappa shape index (κ3) is 7.00. The number of aliphatic imine (C=N–C) groups is 1. The molecule has 150 valence electrons. The lowest BCUT2D eigenvalue weighted by Crippen LogP contribution is -2.41. The SMILES string of the molecule is CN=C(NCc1ccc(C)cc1SC)NCC(c1cnn(C)c1)N(C)C.I. The molecule has 27 heavy (non-hydrogen) atoms. The van der Waals surface area contributed by atoms with Gasteiger partial charge in [-0.15, -0.1) is 35.7 Å². The Labute approximate surface area is 184 Å². The van der Waals surface area contributed by atoms with Crippen LogP contribution >= 0.6 is 35.7 Å². The third-order valence-corrected chi connectivity index (χ3v) is 5.13. The summed E-state index contributed by atoms with van der Waals surface area (Å²) in [7, 11) is 7.89. The highest BCUT2D eigenvalue weighted by atomic mass is 127. The Balaban J connectivity index is 0.00000364. The lowest BCUT2D eigenvalue weighted by atomic mass is 10.1. The molecule has 0 amide bonds. The van der Waals surface area contributed by atoms with Gasteiger partial charge >= 0.3 is 0 Å². The van der Waals surface area contributed by atoms with Crippen molar-refractivity contribution in [2.75, 3.05) is 33.9 Å². The van der Waals surface area contributed by atoms with E-state index in [4.69, 9.17) is 0 Å². The van der Waals surface area contributed by atoms with E-state index in [9.17, 15) is 0 Å². The Morgan fingerprint density at radius 3 is 2.63 bits per heavy atom. The molecule has 1 unspecified atom stereocenters. The van der Waals surface area contributed by atoms with Crippen LogP contribution in [0.2, 0.25) is 0 Å². The number of nitrogens with one attached hydrogen (secondary N) is 2. The number of guanidine groups is 1. The molecular formula is C19H31IN6S. The lowest BCUT2D eigenvalue weighted by molar-refractivity contribution is 0.298. The van der Waals surface area contributed by atoms with Crippen molar-refractivity contribution in [3.63, 3.8) is 0 Å². The molecule has 8 heteroatoms. The van der Waals surface area contributed by atoms with E-state index in [1.165, 1.54) is 21.6 Å². The van der Waals surface area contributed by atoms with Crippen LogP contribution in [0.15, 0.2) is 40.5 Å². The van der Waals surface area contributed by atoms with Crippen molar-refractivity contribution in [1.82, 2.24) is 25.3 Å². The second-order valence-electron chi connectivity index (χ2n) is 6.55. The van der Waals surface area contributed by atoms with Gasteiger partial charge in [-0.3, -0.25) is 9.67 Å². The molecule has 0 bridgehead atoms. The molecule has 2 N–H and O–H groups in total. The fraction of sp³-hybridized carbons (Fsp3) is 0.474. The summed E-state index contributed by atoms with van der Waals surface area (Å²) < 4.78 is 1.83. The van der Waals surface area contributed by atoms with Gasteiger partial charge in [-0.2, -0.15) is 5.10 Å². The van der Waals surface area contributed by atoms with Gasteiger partial charge in [0.2, 0.25) is 0 Å². The summed E-state index contributed by atoms with van der Waals surface area (Å²) in [6.45, 7) is 3.62. The maximum atomic E-state index is 4.35. The molecule has 0 saturated carbocycles. The van der Waals surface area contributed by atoms with Crippen LogP contribution in [-0.2, 0) is 13.6 Å². The van der Waals surface area contributed by atoms with E-state index >= 15 is 0 Å². The highest BCUT2D eigenvalue weighted by Gasteiger charge is 2.16. The van der Waals surface area contributed by atoms with Gasteiger partial charge in [0.1, 0.15) is 0 Å².